The first-order chi connectivity index (χ1) is 16.3. The molecule has 0 fully saturated rings. The molecule has 0 aliphatic heterocycles. The van der Waals surface area contributed by atoms with Crippen LogP contribution in [0.25, 0.3) is 22.2 Å². The van der Waals surface area contributed by atoms with Crippen LogP contribution in [0, 0.1) is 0 Å². The SMILES string of the molecule is CCOc1cccc(-c2cc3cccnc3n(CCCCCCCc3ccccc3)c2=O)c1. The first kappa shape index (κ1) is 22.8. The van der Waals surface area contributed by atoms with E-state index < -0.39 is 0 Å². The third-order valence-corrected chi connectivity index (χ3v) is 5.99. The van der Waals surface area contributed by atoms with Crippen molar-refractivity contribution in [3.63, 3.8) is 0 Å². The Morgan fingerprint density at radius 1 is 0.848 bits per heavy atom. The molecule has 2 heterocycles. The van der Waals surface area contributed by atoms with E-state index >= 15 is 0 Å². The third-order valence-electron chi connectivity index (χ3n) is 5.99. The summed E-state index contributed by atoms with van der Waals surface area (Å²) in [5.74, 6) is 0.780. The molecule has 2 aromatic carbocycles. The number of hydrogen-bond acceptors (Lipinski definition) is 3. The second kappa shape index (κ2) is 11.5. The molecule has 4 rings (SSSR count). The van der Waals surface area contributed by atoms with Crippen molar-refractivity contribution in [3.05, 3.63) is 94.9 Å². The summed E-state index contributed by atoms with van der Waals surface area (Å²) in [6, 6.07) is 24.3. The fraction of sp³-hybridized carbons (Fsp3) is 0.310. The number of ether oxygens (including phenoxy) is 1. The maximum Gasteiger partial charge on any atom is 0.260 e. The molecule has 0 aliphatic rings. The number of fused-ring (bicyclic) bond motifs is 1. The van der Waals surface area contributed by atoms with Crippen LogP contribution in [0.4, 0.5) is 0 Å². The molecule has 4 aromatic rings. The van der Waals surface area contributed by atoms with Gasteiger partial charge < -0.3 is 4.74 Å². The predicted molar refractivity (Wildman–Crippen MR) is 136 cm³/mol. The summed E-state index contributed by atoms with van der Waals surface area (Å²) in [7, 11) is 0. The zero-order valence-corrected chi connectivity index (χ0v) is 19.4. The van der Waals surface area contributed by atoms with Crippen molar-refractivity contribution in [2.24, 2.45) is 0 Å². The van der Waals surface area contributed by atoms with Crippen LogP contribution in [0.2, 0.25) is 0 Å². The van der Waals surface area contributed by atoms with Gasteiger partial charge in [-0.05, 0) is 67.6 Å². The van der Waals surface area contributed by atoms with Crippen LogP contribution >= 0.6 is 0 Å². The molecule has 170 valence electrons. The summed E-state index contributed by atoms with van der Waals surface area (Å²) in [6.07, 6.45) is 8.59. The molecule has 2 aromatic heterocycles. The molecule has 0 aliphatic carbocycles. The zero-order chi connectivity index (χ0) is 22.9. The molecule has 0 amide bonds. The minimum Gasteiger partial charge on any atom is -0.494 e. The molecule has 0 N–H and O–H groups in total. The van der Waals surface area contributed by atoms with E-state index in [0.29, 0.717) is 18.7 Å². The molecule has 4 nitrogen and oxygen atoms in total. The summed E-state index contributed by atoms with van der Waals surface area (Å²) < 4.78 is 7.49. The van der Waals surface area contributed by atoms with Crippen molar-refractivity contribution in [1.82, 2.24) is 9.55 Å². The summed E-state index contributed by atoms with van der Waals surface area (Å²) in [5.41, 5.74) is 3.76. The van der Waals surface area contributed by atoms with Crippen LogP contribution in [0.5, 0.6) is 5.75 Å². The molecule has 4 heteroatoms. The van der Waals surface area contributed by atoms with Crippen LogP contribution in [0.1, 0.15) is 44.6 Å². The van der Waals surface area contributed by atoms with Crippen molar-refractivity contribution in [2.45, 2.75) is 52.0 Å². The van der Waals surface area contributed by atoms with E-state index in [9.17, 15) is 4.79 Å². The van der Waals surface area contributed by atoms with E-state index in [1.165, 1.54) is 24.8 Å². The van der Waals surface area contributed by atoms with E-state index in [0.717, 1.165) is 41.6 Å². The lowest BCUT2D eigenvalue weighted by Gasteiger charge is -2.13. The van der Waals surface area contributed by atoms with Gasteiger partial charge in [0.05, 0.1) is 6.61 Å². The second-order valence-corrected chi connectivity index (χ2v) is 8.40. The molecule has 33 heavy (non-hydrogen) atoms. The van der Waals surface area contributed by atoms with E-state index in [4.69, 9.17) is 4.74 Å². The minimum atomic E-state index is 0.0129. The number of nitrogens with zero attached hydrogens (tertiary/aromatic N) is 2. The van der Waals surface area contributed by atoms with E-state index in [2.05, 4.69) is 35.3 Å². The third kappa shape index (κ3) is 5.89. The van der Waals surface area contributed by atoms with Gasteiger partial charge in [-0.2, -0.15) is 0 Å². The number of aromatic nitrogens is 2. The van der Waals surface area contributed by atoms with Crippen LogP contribution < -0.4 is 10.3 Å². The van der Waals surface area contributed by atoms with Gasteiger partial charge in [0.1, 0.15) is 11.4 Å². The van der Waals surface area contributed by atoms with Gasteiger partial charge in [0, 0.05) is 23.7 Å². The average molecular weight is 441 g/mol. The standard InChI is InChI=1S/C29H32N2O2/c1-2-33-26-18-11-16-24(21-26)27-22-25-17-12-19-30-28(25)31(29(27)32)20-10-5-3-4-7-13-23-14-8-6-9-15-23/h6,8-9,11-12,14-19,21-22H,2-5,7,10,13,20H2,1H3. The van der Waals surface area contributed by atoms with E-state index in [1.54, 1.807) is 6.20 Å². The highest BCUT2D eigenvalue weighted by atomic mass is 16.5. The Balaban J connectivity index is 1.44. The number of hydrogen-bond donors (Lipinski definition) is 0. The lowest BCUT2D eigenvalue weighted by atomic mass is 10.0. The highest BCUT2D eigenvalue weighted by Gasteiger charge is 2.12. The molecule has 0 atom stereocenters. The first-order valence-corrected chi connectivity index (χ1v) is 12.0. The molecular weight excluding hydrogens is 408 g/mol. The Kier molecular flexibility index (Phi) is 7.91. The van der Waals surface area contributed by atoms with Crippen molar-refractivity contribution in [3.8, 4) is 16.9 Å². The summed E-state index contributed by atoms with van der Waals surface area (Å²) in [4.78, 5) is 18.0. The fourth-order valence-corrected chi connectivity index (χ4v) is 4.31. The molecular formula is C29H32N2O2. The molecule has 0 unspecified atom stereocenters. The van der Waals surface area contributed by atoms with Gasteiger partial charge >= 0.3 is 0 Å². The number of benzene rings is 2. The number of unbranched alkanes of at least 4 members (excludes halogenated alkanes) is 4. The monoisotopic (exact) mass is 440 g/mol. The largest absolute Gasteiger partial charge is 0.494 e. The van der Waals surface area contributed by atoms with Crippen LogP contribution in [0.3, 0.4) is 0 Å². The lowest BCUT2D eigenvalue weighted by molar-refractivity contribution is 0.340. The van der Waals surface area contributed by atoms with Gasteiger partial charge in [-0.3, -0.25) is 9.36 Å². The van der Waals surface area contributed by atoms with Crippen molar-refractivity contribution in [2.75, 3.05) is 6.61 Å². The highest BCUT2D eigenvalue weighted by molar-refractivity contribution is 5.81. The van der Waals surface area contributed by atoms with E-state index in [-0.39, 0.29) is 5.56 Å². The Bertz CT molecular complexity index is 1230. The van der Waals surface area contributed by atoms with Crippen LogP contribution in [-0.4, -0.2) is 16.2 Å². The number of aryl methyl sites for hydroxylation is 2. The second-order valence-electron chi connectivity index (χ2n) is 8.40. The lowest BCUT2D eigenvalue weighted by Crippen LogP contribution is -2.23. The maximum absolute atomic E-state index is 13.5. The molecule has 0 spiro atoms. The molecule has 0 radical (unpaired) electrons. The topological polar surface area (TPSA) is 44.1 Å². The fourth-order valence-electron chi connectivity index (χ4n) is 4.31. The van der Waals surface area contributed by atoms with E-state index in [1.807, 2.05) is 54.0 Å². The highest BCUT2D eigenvalue weighted by Crippen LogP contribution is 2.24. The van der Waals surface area contributed by atoms with Crippen molar-refractivity contribution in [1.29, 1.82) is 0 Å². The molecule has 0 saturated heterocycles. The Labute approximate surface area is 195 Å². The number of pyridine rings is 2. The smallest absolute Gasteiger partial charge is 0.260 e. The Hall–Kier alpha value is -3.40. The van der Waals surface area contributed by atoms with Gasteiger partial charge in [0.25, 0.3) is 5.56 Å². The zero-order valence-electron chi connectivity index (χ0n) is 19.4. The molecule has 0 saturated carbocycles. The van der Waals surface area contributed by atoms with Crippen LogP contribution in [0.15, 0.2) is 83.8 Å². The summed E-state index contributed by atoms with van der Waals surface area (Å²) in [5, 5.41) is 0.983. The van der Waals surface area contributed by atoms with Crippen molar-refractivity contribution >= 4 is 11.0 Å². The van der Waals surface area contributed by atoms with Gasteiger partial charge in [-0.15, -0.1) is 0 Å². The molecule has 0 bridgehead atoms. The quantitative estimate of drug-likeness (QED) is 0.245. The maximum atomic E-state index is 13.5. The minimum absolute atomic E-state index is 0.0129. The predicted octanol–water partition coefficient (Wildman–Crippen LogP) is 6.66. The van der Waals surface area contributed by atoms with Gasteiger partial charge in [0.15, 0.2) is 0 Å². The van der Waals surface area contributed by atoms with Crippen molar-refractivity contribution < 1.29 is 4.74 Å². The van der Waals surface area contributed by atoms with Crippen LogP contribution in [-0.2, 0) is 13.0 Å². The Morgan fingerprint density at radius 3 is 2.52 bits per heavy atom. The van der Waals surface area contributed by atoms with Gasteiger partial charge in [-0.1, -0.05) is 61.7 Å². The summed E-state index contributed by atoms with van der Waals surface area (Å²) in [6.45, 7) is 3.24. The average Bonchev–Trinajstić information content (AvgIpc) is 2.85. The Morgan fingerprint density at radius 2 is 1.67 bits per heavy atom. The summed E-state index contributed by atoms with van der Waals surface area (Å²) >= 11 is 0. The normalized spacial score (nSPS) is 11.1. The first-order valence-electron chi connectivity index (χ1n) is 12.0. The van der Waals surface area contributed by atoms with Gasteiger partial charge in [-0.25, -0.2) is 4.98 Å². The van der Waals surface area contributed by atoms with Gasteiger partial charge in [0.2, 0.25) is 0 Å². The number of rotatable bonds is 11.